The highest BCUT2D eigenvalue weighted by Gasteiger charge is 2.33. The van der Waals surface area contributed by atoms with E-state index in [1.165, 1.54) is 0 Å². The van der Waals surface area contributed by atoms with E-state index in [0.29, 0.717) is 22.6 Å². The fourth-order valence-corrected chi connectivity index (χ4v) is 3.26. The summed E-state index contributed by atoms with van der Waals surface area (Å²) >= 11 is 5.88. The Kier molecular flexibility index (Phi) is 7.69. The van der Waals surface area contributed by atoms with E-state index < -0.39 is 24.0 Å². The van der Waals surface area contributed by atoms with Crippen molar-refractivity contribution in [3.63, 3.8) is 0 Å². The number of halogens is 1. The molecule has 0 saturated heterocycles. The Hall–Kier alpha value is -2.86. The van der Waals surface area contributed by atoms with E-state index in [-0.39, 0.29) is 17.9 Å². The number of ether oxygens (including phenoxy) is 1. The predicted molar refractivity (Wildman–Crippen MR) is 119 cm³/mol. The molecule has 2 amide bonds. The maximum Gasteiger partial charge on any atom is 0.329 e. The minimum Gasteiger partial charge on any atom is -0.446 e. The van der Waals surface area contributed by atoms with Gasteiger partial charge in [-0.3, -0.25) is 9.59 Å². The number of carbonyl (C=O) groups is 3. The summed E-state index contributed by atoms with van der Waals surface area (Å²) in [6, 6.07) is 14.5. The Bertz CT molecular complexity index is 911. The summed E-state index contributed by atoms with van der Waals surface area (Å²) in [5, 5.41) is 6.15. The summed E-state index contributed by atoms with van der Waals surface area (Å²) in [6.45, 7) is 3.90. The van der Waals surface area contributed by atoms with Gasteiger partial charge in [0.2, 0.25) is 6.10 Å². The van der Waals surface area contributed by atoms with Gasteiger partial charge in [-0.2, -0.15) is 0 Å². The van der Waals surface area contributed by atoms with Gasteiger partial charge in [0, 0.05) is 22.2 Å². The van der Waals surface area contributed by atoms with Gasteiger partial charge in [0.15, 0.2) is 0 Å². The van der Waals surface area contributed by atoms with Crippen molar-refractivity contribution in [1.82, 2.24) is 10.6 Å². The SMILES string of the molecule is CC(C)CC(NC(=O)c1ccc(Cl)cc1)C(=O)OC(C(=O)NC1CC1)c1ccccc1. The van der Waals surface area contributed by atoms with E-state index in [0.717, 1.165) is 12.8 Å². The Morgan fingerprint density at radius 3 is 2.26 bits per heavy atom. The average Bonchev–Trinajstić information content (AvgIpc) is 3.56. The normalized spacial score (nSPS) is 15.1. The summed E-state index contributed by atoms with van der Waals surface area (Å²) < 4.78 is 5.66. The van der Waals surface area contributed by atoms with Crippen LogP contribution < -0.4 is 10.6 Å². The second-order valence-electron chi connectivity index (χ2n) is 8.17. The molecule has 0 aliphatic heterocycles. The Balaban J connectivity index is 1.75. The molecule has 1 aliphatic rings. The van der Waals surface area contributed by atoms with Crippen LogP contribution >= 0.6 is 11.6 Å². The van der Waals surface area contributed by atoms with Crippen molar-refractivity contribution in [2.45, 2.75) is 51.3 Å². The van der Waals surface area contributed by atoms with Crippen LogP contribution in [0.2, 0.25) is 5.02 Å². The third-order valence-electron chi connectivity index (χ3n) is 4.90. The Labute approximate surface area is 187 Å². The van der Waals surface area contributed by atoms with Crippen LogP contribution in [0.1, 0.15) is 55.1 Å². The molecular weight excluding hydrogens is 416 g/mol. The molecule has 6 nitrogen and oxygen atoms in total. The first kappa shape index (κ1) is 22.8. The fraction of sp³-hybridized carbons (Fsp3) is 0.375. The highest BCUT2D eigenvalue weighted by atomic mass is 35.5. The first-order valence-electron chi connectivity index (χ1n) is 10.5. The summed E-state index contributed by atoms with van der Waals surface area (Å²) in [4.78, 5) is 38.5. The van der Waals surface area contributed by atoms with Crippen molar-refractivity contribution in [1.29, 1.82) is 0 Å². The molecule has 2 unspecified atom stereocenters. The summed E-state index contributed by atoms with van der Waals surface area (Å²) in [7, 11) is 0. The summed E-state index contributed by atoms with van der Waals surface area (Å²) in [5.74, 6) is -1.28. The molecule has 1 saturated carbocycles. The lowest BCUT2D eigenvalue weighted by molar-refractivity contribution is -0.158. The molecule has 0 aromatic heterocycles. The Morgan fingerprint density at radius 1 is 1.03 bits per heavy atom. The molecule has 2 N–H and O–H groups in total. The van der Waals surface area contributed by atoms with E-state index in [9.17, 15) is 14.4 Å². The highest BCUT2D eigenvalue weighted by molar-refractivity contribution is 6.30. The van der Waals surface area contributed by atoms with Crippen LogP contribution in [0.4, 0.5) is 0 Å². The second-order valence-corrected chi connectivity index (χ2v) is 8.61. The zero-order valence-corrected chi connectivity index (χ0v) is 18.4. The molecule has 2 aromatic carbocycles. The molecule has 1 fully saturated rings. The van der Waals surface area contributed by atoms with Crippen LogP contribution in [-0.2, 0) is 14.3 Å². The van der Waals surface area contributed by atoms with E-state index >= 15 is 0 Å². The van der Waals surface area contributed by atoms with Gasteiger partial charge < -0.3 is 15.4 Å². The van der Waals surface area contributed by atoms with Crippen LogP contribution in [0.15, 0.2) is 54.6 Å². The van der Waals surface area contributed by atoms with E-state index in [1.54, 1.807) is 48.5 Å². The quantitative estimate of drug-likeness (QED) is 0.574. The standard InChI is InChI=1S/C24H27ClN2O4/c1-15(2)14-20(27-22(28)17-8-10-18(25)11-9-17)24(30)31-21(16-6-4-3-5-7-16)23(29)26-19-12-13-19/h3-11,15,19-21H,12-14H2,1-2H3,(H,26,29)(H,27,28). The molecule has 1 aliphatic carbocycles. The zero-order valence-electron chi connectivity index (χ0n) is 17.6. The number of rotatable bonds is 9. The molecule has 3 rings (SSSR count). The molecule has 0 heterocycles. The van der Waals surface area contributed by atoms with Gasteiger partial charge in [0.05, 0.1) is 0 Å². The monoisotopic (exact) mass is 442 g/mol. The first-order valence-corrected chi connectivity index (χ1v) is 10.8. The molecule has 31 heavy (non-hydrogen) atoms. The minimum absolute atomic E-state index is 0.124. The Morgan fingerprint density at radius 2 is 1.68 bits per heavy atom. The van der Waals surface area contributed by atoms with Crippen molar-refractivity contribution < 1.29 is 19.1 Å². The van der Waals surface area contributed by atoms with Crippen LogP contribution in [0.25, 0.3) is 0 Å². The van der Waals surface area contributed by atoms with Crippen LogP contribution in [0.3, 0.4) is 0 Å². The lowest BCUT2D eigenvalue weighted by Crippen LogP contribution is -2.44. The van der Waals surface area contributed by atoms with Crippen LogP contribution in [0.5, 0.6) is 0 Å². The van der Waals surface area contributed by atoms with Crippen molar-refractivity contribution in [2.24, 2.45) is 5.92 Å². The van der Waals surface area contributed by atoms with Gasteiger partial charge >= 0.3 is 5.97 Å². The van der Waals surface area contributed by atoms with E-state index in [1.807, 2.05) is 19.9 Å². The van der Waals surface area contributed by atoms with Gasteiger partial charge in [-0.25, -0.2) is 4.79 Å². The number of hydrogen-bond acceptors (Lipinski definition) is 4. The maximum absolute atomic E-state index is 13.1. The van der Waals surface area contributed by atoms with Crippen molar-refractivity contribution >= 4 is 29.4 Å². The number of carbonyl (C=O) groups excluding carboxylic acids is 3. The summed E-state index contributed by atoms with van der Waals surface area (Å²) in [5.41, 5.74) is 0.971. The summed E-state index contributed by atoms with van der Waals surface area (Å²) in [6.07, 6.45) is 1.16. The smallest absolute Gasteiger partial charge is 0.329 e. The number of benzene rings is 2. The van der Waals surface area contributed by atoms with Crippen LogP contribution in [0, 0.1) is 5.92 Å². The van der Waals surface area contributed by atoms with E-state index in [4.69, 9.17) is 16.3 Å². The second kappa shape index (κ2) is 10.4. The van der Waals surface area contributed by atoms with Crippen molar-refractivity contribution in [3.05, 3.63) is 70.7 Å². The number of amides is 2. The zero-order chi connectivity index (χ0) is 22.4. The van der Waals surface area contributed by atoms with E-state index in [2.05, 4.69) is 10.6 Å². The van der Waals surface area contributed by atoms with Crippen molar-refractivity contribution in [3.8, 4) is 0 Å². The molecule has 7 heteroatoms. The predicted octanol–water partition coefficient (Wildman–Crippen LogP) is 4.05. The molecule has 2 aromatic rings. The number of hydrogen-bond donors (Lipinski definition) is 2. The molecular formula is C24H27ClN2O4. The topological polar surface area (TPSA) is 84.5 Å². The third-order valence-corrected chi connectivity index (χ3v) is 5.15. The van der Waals surface area contributed by atoms with Gasteiger partial charge in [-0.1, -0.05) is 55.8 Å². The van der Waals surface area contributed by atoms with Crippen LogP contribution in [-0.4, -0.2) is 29.9 Å². The lowest BCUT2D eigenvalue weighted by Gasteiger charge is -2.23. The molecule has 0 bridgehead atoms. The van der Waals surface area contributed by atoms with Gasteiger partial charge in [0.25, 0.3) is 11.8 Å². The maximum atomic E-state index is 13.1. The molecule has 0 spiro atoms. The molecule has 164 valence electrons. The van der Waals surface area contributed by atoms with Gasteiger partial charge in [0.1, 0.15) is 6.04 Å². The number of esters is 1. The highest BCUT2D eigenvalue weighted by Crippen LogP contribution is 2.24. The lowest BCUT2D eigenvalue weighted by atomic mass is 10.0. The molecule has 0 radical (unpaired) electrons. The minimum atomic E-state index is -1.07. The molecule has 2 atom stereocenters. The third kappa shape index (κ3) is 6.82. The first-order chi connectivity index (χ1) is 14.8. The van der Waals surface area contributed by atoms with Gasteiger partial charge in [-0.15, -0.1) is 0 Å². The largest absolute Gasteiger partial charge is 0.446 e. The fourth-order valence-electron chi connectivity index (χ4n) is 3.13. The van der Waals surface area contributed by atoms with Gasteiger partial charge in [-0.05, 0) is 49.4 Å². The number of nitrogens with one attached hydrogen (secondary N) is 2. The average molecular weight is 443 g/mol. The van der Waals surface area contributed by atoms with Crippen molar-refractivity contribution in [2.75, 3.05) is 0 Å².